The Bertz CT molecular complexity index is 770. The maximum absolute atomic E-state index is 12.8. The molecule has 0 spiro atoms. The summed E-state index contributed by atoms with van der Waals surface area (Å²) < 4.78 is 1.51. The standard InChI is InChI=1S/C17H25N5O3/c1-11-18-14-10-22(9-13(14)17(25)20(11)4)16(24)12-7-15(23)21(8-12)6-5-19(2)3/h12H,5-10H2,1-4H3/t12-/m0/s1. The van der Waals surface area contributed by atoms with E-state index >= 15 is 0 Å². The first-order valence-corrected chi connectivity index (χ1v) is 8.54. The van der Waals surface area contributed by atoms with Gasteiger partial charge in [0.25, 0.3) is 5.56 Å². The van der Waals surface area contributed by atoms with Gasteiger partial charge in [0.05, 0.1) is 30.3 Å². The van der Waals surface area contributed by atoms with E-state index in [2.05, 4.69) is 4.98 Å². The van der Waals surface area contributed by atoms with Crippen LogP contribution in [0, 0.1) is 12.8 Å². The average molecular weight is 347 g/mol. The highest BCUT2D eigenvalue weighted by atomic mass is 16.2. The van der Waals surface area contributed by atoms with Crippen LogP contribution >= 0.6 is 0 Å². The number of aromatic nitrogens is 2. The van der Waals surface area contributed by atoms with Gasteiger partial charge in [0, 0.05) is 33.1 Å². The second-order valence-corrected chi connectivity index (χ2v) is 7.19. The van der Waals surface area contributed by atoms with Gasteiger partial charge < -0.3 is 14.7 Å². The molecule has 136 valence electrons. The van der Waals surface area contributed by atoms with E-state index in [9.17, 15) is 14.4 Å². The lowest BCUT2D eigenvalue weighted by Gasteiger charge is -2.21. The fraction of sp³-hybridized carbons (Fsp3) is 0.647. The fourth-order valence-corrected chi connectivity index (χ4v) is 3.42. The highest BCUT2D eigenvalue weighted by Crippen LogP contribution is 2.25. The molecule has 0 radical (unpaired) electrons. The zero-order valence-corrected chi connectivity index (χ0v) is 15.3. The number of likely N-dealkylation sites (tertiary alicyclic amines) is 1. The van der Waals surface area contributed by atoms with Crippen LogP contribution in [0.3, 0.4) is 0 Å². The maximum Gasteiger partial charge on any atom is 0.258 e. The third-order valence-corrected chi connectivity index (χ3v) is 5.08. The lowest BCUT2D eigenvalue weighted by atomic mass is 10.1. The lowest BCUT2D eigenvalue weighted by Crippen LogP contribution is -2.36. The minimum Gasteiger partial charge on any atom is -0.341 e. The van der Waals surface area contributed by atoms with Crippen molar-refractivity contribution in [3.05, 3.63) is 27.4 Å². The molecule has 2 amide bonds. The highest BCUT2D eigenvalue weighted by molar-refractivity contribution is 5.89. The Balaban J connectivity index is 1.68. The van der Waals surface area contributed by atoms with Gasteiger partial charge in [-0.15, -0.1) is 0 Å². The number of fused-ring (bicyclic) bond motifs is 1. The number of rotatable bonds is 4. The van der Waals surface area contributed by atoms with Crippen molar-refractivity contribution in [1.82, 2.24) is 24.3 Å². The van der Waals surface area contributed by atoms with Crippen molar-refractivity contribution in [2.75, 3.05) is 33.7 Å². The van der Waals surface area contributed by atoms with Gasteiger partial charge in [0.15, 0.2) is 0 Å². The molecule has 0 unspecified atom stereocenters. The first kappa shape index (κ1) is 17.6. The van der Waals surface area contributed by atoms with E-state index in [-0.39, 0.29) is 36.3 Å². The monoisotopic (exact) mass is 347 g/mol. The summed E-state index contributed by atoms with van der Waals surface area (Å²) in [5.41, 5.74) is 1.19. The van der Waals surface area contributed by atoms with Crippen LogP contribution < -0.4 is 5.56 Å². The third kappa shape index (κ3) is 3.30. The van der Waals surface area contributed by atoms with Crippen LogP contribution in [0.1, 0.15) is 23.5 Å². The van der Waals surface area contributed by atoms with E-state index in [0.717, 1.165) is 6.54 Å². The second kappa shape index (κ2) is 6.59. The molecule has 2 aliphatic rings. The molecule has 0 aliphatic carbocycles. The van der Waals surface area contributed by atoms with Gasteiger partial charge in [-0.1, -0.05) is 0 Å². The molecule has 0 saturated carbocycles. The second-order valence-electron chi connectivity index (χ2n) is 7.19. The van der Waals surface area contributed by atoms with Crippen LogP contribution in [0.2, 0.25) is 0 Å². The van der Waals surface area contributed by atoms with E-state index < -0.39 is 0 Å². The number of nitrogens with zero attached hydrogens (tertiary/aromatic N) is 5. The van der Waals surface area contributed by atoms with Gasteiger partial charge in [0.1, 0.15) is 5.82 Å². The van der Waals surface area contributed by atoms with Crippen molar-refractivity contribution in [2.45, 2.75) is 26.4 Å². The maximum atomic E-state index is 12.8. The molecule has 1 aromatic heterocycles. The van der Waals surface area contributed by atoms with Crippen LogP contribution in [-0.4, -0.2) is 69.8 Å². The minimum absolute atomic E-state index is 0.0294. The molecule has 0 aromatic carbocycles. The molecular formula is C17H25N5O3. The van der Waals surface area contributed by atoms with Crippen LogP contribution in [-0.2, 0) is 29.7 Å². The van der Waals surface area contributed by atoms with E-state index in [4.69, 9.17) is 0 Å². The summed E-state index contributed by atoms with van der Waals surface area (Å²) in [4.78, 5) is 47.2. The summed E-state index contributed by atoms with van der Waals surface area (Å²) in [6, 6.07) is 0. The Kier molecular flexibility index (Phi) is 4.64. The summed E-state index contributed by atoms with van der Waals surface area (Å²) in [6.45, 7) is 4.30. The molecule has 1 atom stereocenters. The number of aryl methyl sites for hydroxylation is 1. The summed E-state index contributed by atoms with van der Waals surface area (Å²) in [7, 11) is 5.61. The number of carbonyl (C=O) groups excluding carboxylic acids is 2. The van der Waals surface area contributed by atoms with E-state index in [1.165, 1.54) is 4.57 Å². The lowest BCUT2D eigenvalue weighted by molar-refractivity contribution is -0.136. The Labute approximate surface area is 147 Å². The number of likely N-dealkylation sites (N-methyl/N-ethyl adjacent to an activating group) is 1. The summed E-state index contributed by atoms with van der Waals surface area (Å²) in [6.07, 6.45) is 0.254. The first-order valence-electron chi connectivity index (χ1n) is 8.54. The molecule has 2 aliphatic heterocycles. The number of hydrogen-bond acceptors (Lipinski definition) is 5. The molecule has 1 fully saturated rings. The minimum atomic E-state index is -0.325. The Hall–Kier alpha value is -2.22. The van der Waals surface area contributed by atoms with Gasteiger partial charge in [0.2, 0.25) is 11.8 Å². The number of hydrogen-bond donors (Lipinski definition) is 0. The predicted molar refractivity (Wildman–Crippen MR) is 91.7 cm³/mol. The molecule has 0 N–H and O–H groups in total. The van der Waals surface area contributed by atoms with Crippen molar-refractivity contribution in [3.8, 4) is 0 Å². The molecule has 8 heteroatoms. The molecular weight excluding hydrogens is 322 g/mol. The van der Waals surface area contributed by atoms with Crippen LogP contribution in [0.5, 0.6) is 0 Å². The smallest absolute Gasteiger partial charge is 0.258 e. The predicted octanol–water partition coefficient (Wildman–Crippen LogP) is -0.659. The van der Waals surface area contributed by atoms with E-state index in [1.807, 2.05) is 19.0 Å². The Morgan fingerprint density at radius 2 is 2.00 bits per heavy atom. The Morgan fingerprint density at radius 3 is 2.68 bits per heavy atom. The number of amides is 2. The molecule has 1 saturated heterocycles. The molecule has 3 heterocycles. The molecule has 1 aromatic rings. The van der Waals surface area contributed by atoms with Gasteiger partial charge in [-0.25, -0.2) is 4.98 Å². The third-order valence-electron chi connectivity index (χ3n) is 5.08. The van der Waals surface area contributed by atoms with Gasteiger partial charge >= 0.3 is 0 Å². The van der Waals surface area contributed by atoms with Crippen LogP contribution in [0.25, 0.3) is 0 Å². The fourth-order valence-electron chi connectivity index (χ4n) is 3.42. The normalized spacial score (nSPS) is 19.9. The number of carbonyl (C=O) groups is 2. The highest BCUT2D eigenvalue weighted by Gasteiger charge is 2.38. The van der Waals surface area contributed by atoms with Crippen LogP contribution in [0.15, 0.2) is 4.79 Å². The zero-order chi connectivity index (χ0) is 18.3. The van der Waals surface area contributed by atoms with Crippen molar-refractivity contribution < 1.29 is 9.59 Å². The summed E-state index contributed by atoms with van der Waals surface area (Å²) >= 11 is 0. The van der Waals surface area contributed by atoms with Gasteiger partial charge in [-0.05, 0) is 21.0 Å². The van der Waals surface area contributed by atoms with Crippen molar-refractivity contribution >= 4 is 11.8 Å². The van der Waals surface area contributed by atoms with Crippen LogP contribution in [0.4, 0.5) is 0 Å². The summed E-state index contributed by atoms with van der Waals surface area (Å²) in [5.74, 6) is 0.290. The van der Waals surface area contributed by atoms with Crippen molar-refractivity contribution in [2.24, 2.45) is 13.0 Å². The molecule has 25 heavy (non-hydrogen) atoms. The average Bonchev–Trinajstić information content (AvgIpc) is 3.14. The topological polar surface area (TPSA) is 78.8 Å². The first-order chi connectivity index (χ1) is 11.8. The van der Waals surface area contributed by atoms with Crippen molar-refractivity contribution in [1.29, 1.82) is 0 Å². The molecule has 8 nitrogen and oxygen atoms in total. The molecule has 3 rings (SSSR count). The summed E-state index contributed by atoms with van der Waals surface area (Å²) in [5, 5.41) is 0. The van der Waals surface area contributed by atoms with Gasteiger partial charge in [-0.2, -0.15) is 0 Å². The SMILES string of the molecule is Cc1nc2c(c(=O)n1C)CN(C(=O)[C@H]1CC(=O)N(CCN(C)C)C1)C2. The van der Waals surface area contributed by atoms with Crippen molar-refractivity contribution in [3.63, 3.8) is 0 Å². The van der Waals surface area contributed by atoms with E-state index in [1.54, 1.807) is 23.8 Å². The quantitative estimate of drug-likeness (QED) is 0.723. The molecule has 0 bridgehead atoms. The largest absolute Gasteiger partial charge is 0.341 e. The van der Waals surface area contributed by atoms with Gasteiger partial charge in [-0.3, -0.25) is 19.0 Å². The Morgan fingerprint density at radius 1 is 1.28 bits per heavy atom. The van der Waals surface area contributed by atoms with E-state index in [0.29, 0.717) is 36.7 Å². The zero-order valence-electron chi connectivity index (χ0n) is 15.3.